The minimum absolute atomic E-state index is 0.0541. The zero-order valence-electron chi connectivity index (χ0n) is 10.1. The first-order valence-corrected chi connectivity index (χ1v) is 6.00. The molecule has 0 aliphatic heterocycles. The van der Waals surface area contributed by atoms with Gasteiger partial charge in [-0.05, 0) is 32.1 Å². The van der Waals surface area contributed by atoms with E-state index < -0.39 is 0 Å². The molecule has 1 unspecified atom stereocenters. The van der Waals surface area contributed by atoms with Gasteiger partial charge >= 0.3 is 5.97 Å². The SMILES string of the molecule is CC(C)CC(C)OC(=O)CCNC1CC1. The van der Waals surface area contributed by atoms with E-state index in [9.17, 15) is 4.79 Å². The van der Waals surface area contributed by atoms with Crippen molar-refractivity contribution in [3.05, 3.63) is 0 Å². The first kappa shape index (κ1) is 12.5. The summed E-state index contributed by atoms with van der Waals surface area (Å²) in [7, 11) is 0. The van der Waals surface area contributed by atoms with E-state index in [1.165, 1.54) is 12.8 Å². The molecule has 1 N–H and O–H groups in total. The highest BCUT2D eigenvalue weighted by Crippen LogP contribution is 2.18. The molecule has 1 fully saturated rings. The molecule has 0 aromatic carbocycles. The molecule has 0 bridgehead atoms. The van der Waals surface area contributed by atoms with Crippen molar-refractivity contribution < 1.29 is 9.53 Å². The van der Waals surface area contributed by atoms with Gasteiger partial charge in [-0.1, -0.05) is 13.8 Å². The van der Waals surface area contributed by atoms with E-state index in [4.69, 9.17) is 4.74 Å². The summed E-state index contributed by atoms with van der Waals surface area (Å²) in [6.45, 7) is 7.00. The first-order chi connectivity index (χ1) is 7.08. The summed E-state index contributed by atoms with van der Waals surface area (Å²) in [5.41, 5.74) is 0. The number of rotatable bonds is 7. The molecule has 0 amide bonds. The highest BCUT2D eigenvalue weighted by Gasteiger charge is 2.20. The van der Waals surface area contributed by atoms with Crippen LogP contribution in [0, 0.1) is 5.92 Å². The Bertz CT molecular complexity index is 200. The van der Waals surface area contributed by atoms with Crippen LogP contribution in [-0.4, -0.2) is 24.7 Å². The Morgan fingerprint density at radius 2 is 2.07 bits per heavy atom. The lowest BCUT2D eigenvalue weighted by molar-refractivity contribution is -0.148. The monoisotopic (exact) mass is 213 g/mol. The Hall–Kier alpha value is -0.570. The van der Waals surface area contributed by atoms with Gasteiger partial charge in [0.15, 0.2) is 0 Å². The summed E-state index contributed by atoms with van der Waals surface area (Å²) in [4.78, 5) is 11.4. The quantitative estimate of drug-likeness (QED) is 0.658. The summed E-state index contributed by atoms with van der Waals surface area (Å²) in [5, 5.41) is 3.30. The Balaban J connectivity index is 2.00. The van der Waals surface area contributed by atoms with Gasteiger partial charge in [0.05, 0.1) is 12.5 Å². The van der Waals surface area contributed by atoms with Gasteiger partial charge in [0.25, 0.3) is 0 Å². The van der Waals surface area contributed by atoms with Crippen LogP contribution >= 0.6 is 0 Å². The number of hydrogen-bond donors (Lipinski definition) is 1. The molecule has 1 saturated carbocycles. The third kappa shape index (κ3) is 6.50. The lowest BCUT2D eigenvalue weighted by atomic mass is 10.1. The minimum atomic E-state index is -0.0729. The van der Waals surface area contributed by atoms with Gasteiger partial charge in [0.1, 0.15) is 0 Å². The fraction of sp³-hybridized carbons (Fsp3) is 0.917. The van der Waals surface area contributed by atoms with Crippen molar-refractivity contribution in [2.75, 3.05) is 6.54 Å². The molecule has 0 spiro atoms. The Labute approximate surface area is 92.6 Å². The highest BCUT2D eigenvalue weighted by atomic mass is 16.5. The van der Waals surface area contributed by atoms with Crippen LogP contribution in [0.25, 0.3) is 0 Å². The second-order valence-electron chi connectivity index (χ2n) is 4.91. The number of carbonyl (C=O) groups is 1. The van der Waals surface area contributed by atoms with Crippen LogP contribution in [0.3, 0.4) is 0 Å². The number of ether oxygens (including phenoxy) is 1. The van der Waals surface area contributed by atoms with Gasteiger partial charge < -0.3 is 10.1 Å². The predicted octanol–water partition coefficient (Wildman–Crippen LogP) is 2.11. The Kier molecular flexibility index (Phi) is 5.09. The number of esters is 1. The number of hydrogen-bond acceptors (Lipinski definition) is 3. The Morgan fingerprint density at radius 3 is 2.60 bits per heavy atom. The molecule has 1 atom stereocenters. The average Bonchev–Trinajstić information content (AvgIpc) is 2.85. The predicted molar refractivity (Wildman–Crippen MR) is 60.7 cm³/mol. The lowest BCUT2D eigenvalue weighted by Gasteiger charge is -2.15. The third-order valence-corrected chi connectivity index (χ3v) is 2.48. The van der Waals surface area contributed by atoms with Gasteiger partial charge in [0, 0.05) is 12.6 Å². The molecule has 1 rings (SSSR count). The lowest BCUT2D eigenvalue weighted by Crippen LogP contribution is -2.23. The number of nitrogens with one attached hydrogen (secondary N) is 1. The van der Waals surface area contributed by atoms with Crippen LogP contribution in [0.2, 0.25) is 0 Å². The maximum Gasteiger partial charge on any atom is 0.307 e. The maximum atomic E-state index is 11.4. The van der Waals surface area contributed by atoms with E-state index in [0.717, 1.165) is 13.0 Å². The highest BCUT2D eigenvalue weighted by molar-refractivity contribution is 5.69. The molecule has 0 saturated heterocycles. The summed E-state index contributed by atoms with van der Waals surface area (Å²) in [6, 6.07) is 0.672. The molecule has 88 valence electrons. The van der Waals surface area contributed by atoms with Crippen molar-refractivity contribution >= 4 is 5.97 Å². The zero-order chi connectivity index (χ0) is 11.3. The van der Waals surface area contributed by atoms with E-state index in [1.54, 1.807) is 0 Å². The standard InChI is InChI=1S/C12H23NO2/c1-9(2)8-10(3)15-12(14)6-7-13-11-4-5-11/h9-11,13H,4-8H2,1-3H3. The Morgan fingerprint density at radius 1 is 1.40 bits per heavy atom. The minimum Gasteiger partial charge on any atom is -0.463 e. The largest absolute Gasteiger partial charge is 0.463 e. The van der Waals surface area contributed by atoms with Gasteiger partial charge in [-0.25, -0.2) is 0 Å². The molecular formula is C12H23NO2. The second-order valence-corrected chi connectivity index (χ2v) is 4.91. The summed E-state index contributed by atoms with van der Waals surface area (Å²) in [6.07, 6.45) is 4.02. The van der Waals surface area contributed by atoms with Crippen LogP contribution in [0.1, 0.15) is 46.5 Å². The van der Waals surface area contributed by atoms with Crippen molar-refractivity contribution in [3.8, 4) is 0 Å². The fourth-order valence-corrected chi connectivity index (χ4v) is 1.66. The van der Waals surface area contributed by atoms with Crippen molar-refractivity contribution in [1.29, 1.82) is 0 Å². The molecule has 1 aliphatic carbocycles. The van der Waals surface area contributed by atoms with E-state index in [0.29, 0.717) is 18.4 Å². The molecule has 15 heavy (non-hydrogen) atoms. The molecule has 3 nitrogen and oxygen atoms in total. The second kappa shape index (κ2) is 6.11. The molecule has 1 aliphatic rings. The molecule has 0 heterocycles. The zero-order valence-corrected chi connectivity index (χ0v) is 10.1. The maximum absolute atomic E-state index is 11.4. The third-order valence-electron chi connectivity index (χ3n) is 2.48. The van der Waals surface area contributed by atoms with Gasteiger partial charge in [-0.3, -0.25) is 4.79 Å². The topological polar surface area (TPSA) is 38.3 Å². The van der Waals surface area contributed by atoms with Gasteiger partial charge in [-0.2, -0.15) is 0 Å². The van der Waals surface area contributed by atoms with Crippen molar-refractivity contribution in [1.82, 2.24) is 5.32 Å². The smallest absolute Gasteiger partial charge is 0.307 e. The van der Waals surface area contributed by atoms with E-state index in [2.05, 4.69) is 19.2 Å². The number of carbonyl (C=O) groups excluding carboxylic acids is 1. The van der Waals surface area contributed by atoms with Crippen molar-refractivity contribution in [3.63, 3.8) is 0 Å². The molecule has 0 aromatic heterocycles. The van der Waals surface area contributed by atoms with Crippen LogP contribution in [0.4, 0.5) is 0 Å². The van der Waals surface area contributed by atoms with Crippen LogP contribution in [0.15, 0.2) is 0 Å². The molecule has 3 heteroatoms. The first-order valence-electron chi connectivity index (χ1n) is 6.00. The van der Waals surface area contributed by atoms with Crippen LogP contribution in [0.5, 0.6) is 0 Å². The normalized spacial score (nSPS) is 17.9. The average molecular weight is 213 g/mol. The van der Waals surface area contributed by atoms with Crippen LogP contribution < -0.4 is 5.32 Å². The molecule has 0 aromatic rings. The van der Waals surface area contributed by atoms with Crippen LogP contribution in [-0.2, 0) is 9.53 Å². The molecule has 0 radical (unpaired) electrons. The van der Waals surface area contributed by atoms with E-state index in [1.807, 2.05) is 6.92 Å². The summed E-state index contributed by atoms with van der Waals surface area (Å²) < 4.78 is 5.28. The van der Waals surface area contributed by atoms with Crippen molar-refractivity contribution in [2.24, 2.45) is 5.92 Å². The van der Waals surface area contributed by atoms with Gasteiger partial charge in [-0.15, -0.1) is 0 Å². The fourth-order valence-electron chi connectivity index (χ4n) is 1.66. The van der Waals surface area contributed by atoms with E-state index >= 15 is 0 Å². The van der Waals surface area contributed by atoms with Gasteiger partial charge in [0.2, 0.25) is 0 Å². The summed E-state index contributed by atoms with van der Waals surface area (Å²) >= 11 is 0. The molecular weight excluding hydrogens is 190 g/mol. The summed E-state index contributed by atoms with van der Waals surface area (Å²) in [5.74, 6) is 0.508. The van der Waals surface area contributed by atoms with Crippen molar-refractivity contribution in [2.45, 2.75) is 58.6 Å². The van der Waals surface area contributed by atoms with E-state index in [-0.39, 0.29) is 12.1 Å².